The lowest BCUT2D eigenvalue weighted by molar-refractivity contribution is 0.0438. The van der Waals surface area contributed by atoms with Crippen LogP contribution in [0.15, 0.2) is 54.6 Å². The molecule has 0 bridgehead atoms. The van der Waals surface area contributed by atoms with Crippen molar-refractivity contribution < 1.29 is 14.3 Å². The number of carbonyl (C=O) groups excluding carboxylic acids is 2. The average molecular weight is 448 g/mol. The van der Waals surface area contributed by atoms with Gasteiger partial charge in [0.05, 0.1) is 6.54 Å². The highest BCUT2D eigenvalue weighted by molar-refractivity contribution is 5.95. The van der Waals surface area contributed by atoms with Crippen molar-refractivity contribution in [2.24, 2.45) is 0 Å². The van der Waals surface area contributed by atoms with Crippen LogP contribution in [-0.4, -0.2) is 65.0 Å². The van der Waals surface area contributed by atoms with Crippen LogP contribution in [0.2, 0.25) is 0 Å². The van der Waals surface area contributed by atoms with Gasteiger partial charge in [-0.05, 0) is 56.0 Å². The molecule has 3 saturated heterocycles. The third kappa shape index (κ3) is 4.91. The second kappa shape index (κ2) is 9.56. The van der Waals surface area contributed by atoms with Crippen molar-refractivity contribution in [1.29, 1.82) is 0 Å². The molecule has 0 N–H and O–H groups in total. The fourth-order valence-electron chi connectivity index (χ4n) is 5.47. The summed E-state index contributed by atoms with van der Waals surface area (Å²) >= 11 is 0. The van der Waals surface area contributed by atoms with Crippen LogP contribution in [-0.2, 0) is 17.8 Å². The quantitative estimate of drug-likeness (QED) is 0.686. The monoisotopic (exact) mass is 447 g/mol. The summed E-state index contributed by atoms with van der Waals surface area (Å²) in [6, 6.07) is 18.1. The van der Waals surface area contributed by atoms with Crippen molar-refractivity contribution in [3.05, 3.63) is 71.3 Å². The number of ether oxygens (including phenoxy) is 1. The highest BCUT2D eigenvalue weighted by atomic mass is 16.6. The minimum atomic E-state index is -0.490. The SMILES string of the molecule is O=C1O[C@]2(CCCN(C(=O)c3ccccc3CN3CCCC3)CC2)CN1Cc1ccccc1. The molecular weight excluding hydrogens is 414 g/mol. The zero-order valence-electron chi connectivity index (χ0n) is 19.2. The topological polar surface area (TPSA) is 53.1 Å². The van der Waals surface area contributed by atoms with E-state index in [-0.39, 0.29) is 12.0 Å². The van der Waals surface area contributed by atoms with Gasteiger partial charge < -0.3 is 9.64 Å². The van der Waals surface area contributed by atoms with Crippen LogP contribution in [0, 0.1) is 0 Å². The van der Waals surface area contributed by atoms with Crippen molar-refractivity contribution in [3.8, 4) is 0 Å². The molecule has 3 aliphatic rings. The van der Waals surface area contributed by atoms with Gasteiger partial charge in [0.25, 0.3) is 5.91 Å². The van der Waals surface area contributed by atoms with Gasteiger partial charge in [0.15, 0.2) is 0 Å². The standard InChI is InChI=1S/C27H33N3O3/c31-25(24-12-5-4-11-23(24)20-28-15-6-7-16-28)29-17-8-13-27(14-18-29)21-30(26(32)33-27)19-22-9-2-1-3-10-22/h1-5,9-12H,6-8,13-21H2/t27-/m0/s1. The van der Waals surface area contributed by atoms with Crippen molar-refractivity contribution >= 4 is 12.0 Å². The number of rotatable bonds is 5. The van der Waals surface area contributed by atoms with Gasteiger partial charge in [-0.3, -0.25) is 14.6 Å². The molecule has 2 aromatic carbocycles. The highest BCUT2D eigenvalue weighted by Crippen LogP contribution is 2.34. The summed E-state index contributed by atoms with van der Waals surface area (Å²) in [4.78, 5) is 32.3. The van der Waals surface area contributed by atoms with E-state index in [0.717, 1.165) is 49.2 Å². The molecule has 6 heteroatoms. The lowest BCUT2D eigenvalue weighted by Gasteiger charge is -2.26. The van der Waals surface area contributed by atoms with Gasteiger partial charge >= 0.3 is 6.09 Å². The molecule has 3 heterocycles. The van der Waals surface area contributed by atoms with Gasteiger partial charge in [-0.2, -0.15) is 0 Å². The molecule has 2 amide bonds. The fraction of sp³-hybridized carbons (Fsp3) is 0.481. The summed E-state index contributed by atoms with van der Waals surface area (Å²) in [6.07, 6.45) is 4.56. The Morgan fingerprint density at radius 3 is 2.42 bits per heavy atom. The van der Waals surface area contributed by atoms with E-state index in [9.17, 15) is 9.59 Å². The van der Waals surface area contributed by atoms with Crippen molar-refractivity contribution in [2.75, 3.05) is 32.7 Å². The average Bonchev–Trinajstić information content (AvgIpc) is 3.38. The third-order valence-corrected chi connectivity index (χ3v) is 7.28. The number of likely N-dealkylation sites (tertiary alicyclic amines) is 2. The number of nitrogens with zero attached hydrogens (tertiary/aromatic N) is 3. The van der Waals surface area contributed by atoms with E-state index in [2.05, 4.69) is 11.0 Å². The van der Waals surface area contributed by atoms with E-state index in [1.807, 2.05) is 53.4 Å². The zero-order valence-corrected chi connectivity index (χ0v) is 19.2. The van der Waals surface area contributed by atoms with E-state index in [0.29, 0.717) is 32.6 Å². The Bertz CT molecular complexity index is 989. The summed E-state index contributed by atoms with van der Waals surface area (Å²) in [5, 5.41) is 0. The lowest BCUT2D eigenvalue weighted by atomic mass is 9.95. The number of carbonyl (C=O) groups is 2. The molecule has 0 radical (unpaired) electrons. The molecule has 6 nitrogen and oxygen atoms in total. The molecule has 0 unspecified atom stereocenters. The number of amides is 2. The normalized spacial score (nSPS) is 23.7. The maximum Gasteiger partial charge on any atom is 0.410 e. The Kier molecular flexibility index (Phi) is 6.36. The summed E-state index contributed by atoms with van der Waals surface area (Å²) < 4.78 is 5.94. The number of hydrogen-bond acceptors (Lipinski definition) is 4. The molecule has 2 aromatic rings. The molecule has 0 aromatic heterocycles. The fourth-order valence-corrected chi connectivity index (χ4v) is 5.47. The van der Waals surface area contributed by atoms with E-state index in [1.54, 1.807) is 4.90 Å². The van der Waals surface area contributed by atoms with Gasteiger partial charge in [0, 0.05) is 38.2 Å². The molecule has 3 aliphatic heterocycles. The first-order chi connectivity index (χ1) is 16.1. The van der Waals surface area contributed by atoms with Crippen LogP contribution >= 0.6 is 0 Å². The van der Waals surface area contributed by atoms with Gasteiger partial charge in [0.2, 0.25) is 0 Å². The van der Waals surface area contributed by atoms with Crippen LogP contribution < -0.4 is 0 Å². The van der Waals surface area contributed by atoms with Crippen molar-refractivity contribution in [3.63, 3.8) is 0 Å². The summed E-state index contributed by atoms with van der Waals surface area (Å²) in [7, 11) is 0. The molecule has 3 fully saturated rings. The molecule has 0 saturated carbocycles. The Balaban J connectivity index is 1.24. The van der Waals surface area contributed by atoms with E-state index < -0.39 is 5.60 Å². The molecule has 0 aliphatic carbocycles. The van der Waals surface area contributed by atoms with Gasteiger partial charge in [-0.15, -0.1) is 0 Å². The Morgan fingerprint density at radius 1 is 0.848 bits per heavy atom. The Morgan fingerprint density at radius 2 is 1.61 bits per heavy atom. The van der Waals surface area contributed by atoms with Crippen molar-refractivity contribution in [2.45, 2.75) is 50.8 Å². The zero-order chi connectivity index (χ0) is 22.7. The van der Waals surface area contributed by atoms with E-state index in [4.69, 9.17) is 4.74 Å². The Hall–Kier alpha value is -2.86. The maximum atomic E-state index is 13.5. The van der Waals surface area contributed by atoms with Crippen LogP contribution in [0.3, 0.4) is 0 Å². The summed E-state index contributed by atoms with van der Waals surface area (Å²) in [6.45, 7) is 5.53. The number of benzene rings is 2. The first-order valence-corrected chi connectivity index (χ1v) is 12.2. The molecule has 1 spiro atoms. The second-order valence-electron chi connectivity index (χ2n) is 9.68. The minimum Gasteiger partial charge on any atom is -0.441 e. The Labute approximate surface area is 196 Å². The first-order valence-electron chi connectivity index (χ1n) is 12.2. The van der Waals surface area contributed by atoms with E-state index >= 15 is 0 Å². The highest BCUT2D eigenvalue weighted by Gasteiger charge is 2.46. The van der Waals surface area contributed by atoms with Crippen LogP contribution in [0.1, 0.15) is 53.6 Å². The first kappa shape index (κ1) is 22.0. The second-order valence-corrected chi connectivity index (χ2v) is 9.68. The van der Waals surface area contributed by atoms with Crippen LogP contribution in [0.25, 0.3) is 0 Å². The van der Waals surface area contributed by atoms with Crippen LogP contribution in [0.5, 0.6) is 0 Å². The van der Waals surface area contributed by atoms with Gasteiger partial charge in [0.1, 0.15) is 5.60 Å². The molecule has 5 rings (SSSR count). The largest absolute Gasteiger partial charge is 0.441 e. The summed E-state index contributed by atoms with van der Waals surface area (Å²) in [5.41, 5.74) is 2.54. The third-order valence-electron chi connectivity index (χ3n) is 7.28. The van der Waals surface area contributed by atoms with Crippen molar-refractivity contribution in [1.82, 2.24) is 14.7 Å². The predicted molar refractivity (Wildman–Crippen MR) is 127 cm³/mol. The molecule has 174 valence electrons. The van der Waals surface area contributed by atoms with Gasteiger partial charge in [-0.25, -0.2) is 4.79 Å². The smallest absolute Gasteiger partial charge is 0.410 e. The maximum absolute atomic E-state index is 13.5. The van der Waals surface area contributed by atoms with Crippen LogP contribution in [0.4, 0.5) is 4.79 Å². The lowest BCUT2D eigenvalue weighted by Crippen LogP contribution is -2.37. The number of hydrogen-bond donors (Lipinski definition) is 0. The predicted octanol–water partition coefficient (Wildman–Crippen LogP) is 4.30. The molecule has 1 atom stereocenters. The molecule has 33 heavy (non-hydrogen) atoms. The van der Waals surface area contributed by atoms with E-state index in [1.165, 1.54) is 12.8 Å². The van der Waals surface area contributed by atoms with Gasteiger partial charge in [-0.1, -0.05) is 48.5 Å². The minimum absolute atomic E-state index is 0.104. The summed E-state index contributed by atoms with van der Waals surface area (Å²) in [5.74, 6) is 0.104. The molecular formula is C27H33N3O3.